The van der Waals surface area contributed by atoms with Crippen LogP contribution in [0.1, 0.15) is 19.3 Å². The van der Waals surface area contributed by atoms with Gasteiger partial charge in [0.15, 0.2) is 0 Å². The molecule has 0 spiro atoms. The van der Waals surface area contributed by atoms with Crippen molar-refractivity contribution in [3.63, 3.8) is 0 Å². The molecule has 0 heteroatoms. The van der Waals surface area contributed by atoms with Crippen molar-refractivity contribution in [3.05, 3.63) is 38.2 Å². The summed E-state index contributed by atoms with van der Waals surface area (Å²) in [5.74, 6) is 1.40. The van der Waals surface area contributed by atoms with Crippen molar-refractivity contribution >= 4 is 0 Å². The Labute approximate surface area is 58.3 Å². The summed E-state index contributed by atoms with van der Waals surface area (Å²) in [5.41, 5.74) is 0. The highest BCUT2D eigenvalue weighted by Crippen LogP contribution is 2.15. The maximum Gasteiger partial charge on any atom is -0.0166 e. The number of rotatable bonds is 5. The zero-order chi connectivity index (χ0) is 7.11. The van der Waals surface area contributed by atoms with Crippen molar-refractivity contribution in [2.45, 2.75) is 19.3 Å². The van der Waals surface area contributed by atoms with E-state index in [4.69, 9.17) is 0 Å². The Morgan fingerprint density at radius 1 is 1.11 bits per heavy atom. The SMILES string of the molecule is [CH2]C[C](CC=C)CC=C. The van der Waals surface area contributed by atoms with Gasteiger partial charge in [0.2, 0.25) is 0 Å². The molecule has 0 aromatic carbocycles. The van der Waals surface area contributed by atoms with Crippen molar-refractivity contribution < 1.29 is 0 Å². The molecule has 0 amide bonds. The molecule has 0 rings (SSSR count). The van der Waals surface area contributed by atoms with Gasteiger partial charge in [0.25, 0.3) is 0 Å². The van der Waals surface area contributed by atoms with Crippen molar-refractivity contribution in [2.75, 3.05) is 0 Å². The highest BCUT2D eigenvalue weighted by molar-refractivity contribution is 5.00. The van der Waals surface area contributed by atoms with E-state index in [1.807, 2.05) is 12.2 Å². The molecule has 2 radical (unpaired) electrons. The first-order valence-electron chi connectivity index (χ1n) is 3.19. The van der Waals surface area contributed by atoms with E-state index >= 15 is 0 Å². The van der Waals surface area contributed by atoms with Crippen LogP contribution in [-0.2, 0) is 0 Å². The van der Waals surface area contributed by atoms with Gasteiger partial charge in [-0.3, -0.25) is 0 Å². The third kappa shape index (κ3) is 4.01. The fourth-order valence-corrected chi connectivity index (χ4v) is 0.696. The molecule has 0 aliphatic heterocycles. The quantitative estimate of drug-likeness (QED) is 0.492. The molecule has 0 saturated carbocycles. The van der Waals surface area contributed by atoms with Crippen LogP contribution < -0.4 is 0 Å². The lowest BCUT2D eigenvalue weighted by atomic mass is 9.99. The first-order chi connectivity index (χ1) is 4.35. The van der Waals surface area contributed by atoms with Crippen molar-refractivity contribution in [3.8, 4) is 0 Å². The zero-order valence-corrected chi connectivity index (χ0v) is 5.90. The Morgan fingerprint density at radius 3 is 1.78 bits per heavy atom. The molecule has 0 unspecified atom stereocenters. The molecule has 0 nitrogen and oxygen atoms in total. The minimum Gasteiger partial charge on any atom is -0.103 e. The Bertz CT molecular complexity index is 72.0. The monoisotopic (exact) mass is 122 g/mol. The summed E-state index contributed by atoms with van der Waals surface area (Å²) in [6.45, 7) is 11.1. The van der Waals surface area contributed by atoms with Crippen LogP contribution in [-0.4, -0.2) is 0 Å². The van der Waals surface area contributed by atoms with Crippen molar-refractivity contribution in [2.24, 2.45) is 0 Å². The van der Waals surface area contributed by atoms with Gasteiger partial charge < -0.3 is 0 Å². The second-order valence-corrected chi connectivity index (χ2v) is 1.99. The molecule has 0 aromatic rings. The topological polar surface area (TPSA) is 0 Å². The lowest BCUT2D eigenvalue weighted by molar-refractivity contribution is 0.846. The van der Waals surface area contributed by atoms with Crippen LogP contribution in [0.15, 0.2) is 25.3 Å². The fraction of sp³-hybridized carbons (Fsp3) is 0.333. The Morgan fingerprint density at radius 2 is 1.56 bits per heavy atom. The zero-order valence-electron chi connectivity index (χ0n) is 5.90. The molecule has 9 heavy (non-hydrogen) atoms. The predicted octanol–water partition coefficient (Wildman–Crippen LogP) is 2.94. The largest absolute Gasteiger partial charge is 0.103 e. The predicted molar refractivity (Wildman–Crippen MR) is 42.8 cm³/mol. The molecule has 0 aliphatic carbocycles. The third-order valence-corrected chi connectivity index (χ3v) is 1.22. The first-order valence-corrected chi connectivity index (χ1v) is 3.19. The number of allylic oxidation sites excluding steroid dienone is 2. The van der Waals surface area contributed by atoms with Crippen LogP contribution in [0.4, 0.5) is 0 Å². The molecular weight excluding hydrogens is 108 g/mol. The van der Waals surface area contributed by atoms with Crippen LogP contribution in [0, 0.1) is 12.8 Å². The Hall–Kier alpha value is -0.520. The van der Waals surface area contributed by atoms with E-state index in [1.54, 1.807) is 0 Å². The highest BCUT2D eigenvalue weighted by atomic mass is 14.0. The maximum absolute atomic E-state index is 3.79. The van der Waals surface area contributed by atoms with Crippen LogP contribution in [0.3, 0.4) is 0 Å². The van der Waals surface area contributed by atoms with Gasteiger partial charge in [-0.05, 0) is 25.2 Å². The molecule has 0 aromatic heterocycles. The summed E-state index contributed by atoms with van der Waals surface area (Å²) in [4.78, 5) is 0. The second kappa shape index (κ2) is 5.61. The fourth-order valence-electron chi connectivity index (χ4n) is 0.696. The van der Waals surface area contributed by atoms with E-state index in [9.17, 15) is 0 Å². The van der Waals surface area contributed by atoms with Gasteiger partial charge >= 0.3 is 0 Å². The normalized spacial score (nSPS) is 9.56. The van der Waals surface area contributed by atoms with Gasteiger partial charge in [0.05, 0.1) is 0 Å². The molecule has 0 saturated heterocycles. The van der Waals surface area contributed by atoms with Crippen molar-refractivity contribution in [1.82, 2.24) is 0 Å². The van der Waals surface area contributed by atoms with Crippen LogP contribution in [0.5, 0.6) is 0 Å². The van der Waals surface area contributed by atoms with Crippen LogP contribution >= 0.6 is 0 Å². The van der Waals surface area contributed by atoms with E-state index < -0.39 is 0 Å². The average molecular weight is 122 g/mol. The summed E-state index contributed by atoms with van der Waals surface area (Å²) in [7, 11) is 0. The average Bonchev–Trinajstić information content (AvgIpc) is 1.88. The van der Waals surface area contributed by atoms with Crippen LogP contribution in [0.2, 0.25) is 0 Å². The molecule has 0 bridgehead atoms. The summed E-state index contributed by atoms with van der Waals surface area (Å²) < 4.78 is 0. The molecule has 50 valence electrons. The van der Waals surface area contributed by atoms with E-state index in [-0.39, 0.29) is 0 Å². The van der Waals surface area contributed by atoms with E-state index in [1.165, 1.54) is 5.92 Å². The molecule has 0 aliphatic rings. The Balaban J connectivity index is 3.39. The summed E-state index contributed by atoms with van der Waals surface area (Å²) in [6, 6.07) is 0. The molecule has 0 fully saturated rings. The van der Waals surface area contributed by atoms with Gasteiger partial charge in [-0.1, -0.05) is 19.1 Å². The van der Waals surface area contributed by atoms with Crippen LogP contribution in [0.25, 0.3) is 0 Å². The van der Waals surface area contributed by atoms with E-state index in [0.29, 0.717) is 0 Å². The molecule has 0 atom stereocenters. The summed E-state index contributed by atoms with van der Waals surface area (Å²) in [6.07, 6.45) is 6.68. The maximum atomic E-state index is 3.79. The summed E-state index contributed by atoms with van der Waals surface area (Å²) in [5, 5.41) is 0. The van der Waals surface area contributed by atoms with Gasteiger partial charge in [-0.25, -0.2) is 0 Å². The lowest BCUT2D eigenvalue weighted by Gasteiger charge is -2.06. The van der Waals surface area contributed by atoms with Gasteiger partial charge in [0, 0.05) is 0 Å². The van der Waals surface area contributed by atoms with Gasteiger partial charge in [-0.2, -0.15) is 0 Å². The van der Waals surface area contributed by atoms with Gasteiger partial charge in [-0.15, -0.1) is 13.2 Å². The van der Waals surface area contributed by atoms with E-state index in [2.05, 4.69) is 20.1 Å². The van der Waals surface area contributed by atoms with Crippen molar-refractivity contribution in [1.29, 1.82) is 0 Å². The molecular formula is C9H14. The third-order valence-electron chi connectivity index (χ3n) is 1.22. The highest BCUT2D eigenvalue weighted by Gasteiger charge is 1.99. The smallest absolute Gasteiger partial charge is 0.0166 e. The van der Waals surface area contributed by atoms with E-state index in [0.717, 1.165) is 19.3 Å². The minimum atomic E-state index is 0.901. The number of hydrogen-bond donors (Lipinski definition) is 0. The second-order valence-electron chi connectivity index (χ2n) is 1.99. The minimum absolute atomic E-state index is 0.901. The van der Waals surface area contributed by atoms with Gasteiger partial charge in [0.1, 0.15) is 0 Å². The first kappa shape index (κ1) is 8.48. The standard InChI is InChI=1S/C9H14/c1-4-7-9(6-3)8-5-2/h4-5H,1-3,6-8H2. The lowest BCUT2D eigenvalue weighted by Crippen LogP contribution is -1.90. The molecule has 0 heterocycles. The Kier molecular flexibility index (Phi) is 5.29. The number of hydrogen-bond acceptors (Lipinski definition) is 0. The summed E-state index contributed by atoms with van der Waals surface area (Å²) >= 11 is 0. The molecule has 0 N–H and O–H groups in total.